The maximum Gasteiger partial charge on any atom is 0.226 e. The van der Waals surface area contributed by atoms with Crippen molar-refractivity contribution in [2.75, 3.05) is 17.2 Å². The fourth-order valence-corrected chi connectivity index (χ4v) is 2.67. The van der Waals surface area contributed by atoms with Crippen molar-refractivity contribution < 1.29 is 0 Å². The lowest BCUT2D eigenvalue weighted by atomic mass is 10.3. The number of hydrogen-bond donors (Lipinski definition) is 2. The molecule has 0 atom stereocenters. The molecule has 0 fully saturated rings. The number of nitrogens with one attached hydrogen (secondary N) is 2. The first-order valence-electron chi connectivity index (χ1n) is 6.86. The second-order valence-corrected chi connectivity index (χ2v) is 5.43. The Hall–Kier alpha value is -2.28. The van der Waals surface area contributed by atoms with Crippen molar-refractivity contribution in [1.82, 2.24) is 20.2 Å². The number of thiophene rings is 1. The molecule has 0 aliphatic heterocycles. The van der Waals surface area contributed by atoms with Gasteiger partial charge in [-0.2, -0.15) is 15.2 Å². The van der Waals surface area contributed by atoms with Gasteiger partial charge in [-0.05, 0) is 30.0 Å². The molecule has 3 aromatic rings. The lowest BCUT2D eigenvalue weighted by molar-refractivity contribution is 0.919. The van der Waals surface area contributed by atoms with E-state index in [4.69, 9.17) is 0 Å². The second-order valence-electron chi connectivity index (χ2n) is 4.53. The number of anilines is 2. The Kier molecular flexibility index (Phi) is 4.20. The van der Waals surface area contributed by atoms with Gasteiger partial charge < -0.3 is 10.6 Å². The lowest BCUT2D eigenvalue weighted by Gasteiger charge is -2.09. The molecule has 0 saturated carbocycles. The van der Waals surface area contributed by atoms with E-state index in [1.165, 1.54) is 0 Å². The Morgan fingerprint density at radius 3 is 2.95 bits per heavy atom. The third-order valence-corrected chi connectivity index (χ3v) is 3.73. The van der Waals surface area contributed by atoms with Crippen LogP contribution in [0.2, 0.25) is 0 Å². The van der Waals surface area contributed by atoms with E-state index >= 15 is 0 Å². The van der Waals surface area contributed by atoms with Crippen molar-refractivity contribution in [3.05, 3.63) is 35.5 Å². The highest BCUT2D eigenvalue weighted by Crippen LogP contribution is 2.26. The third-order valence-electron chi connectivity index (χ3n) is 2.92. The second kappa shape index (κ2) is 6.45. The van der Waals surface area contributed by atoms with Gasteiger partial charge in [-0.15, -0.1) is 11.3 Å². The molecular weight excluding hydrogens is 284 g/mol. The molecule has 2 N–H and O–H groups in total. The quantitative estimate of drug-likeness (QED) is 0.729. The van der Waals surface area contributed by atoms with Gasteiger partial charge in [-0.25, -0.2) is 4.98 Å². The van der Waals surface area contributed by atoms with Gasteiger partial charge in [0.25, 0.3) is 0 Å². The van der Waals surface area contributed by atoms with Crippen LogP contribution in [-0.2, 0) is 6.54 Å². The number of hydrogen-bond acceptors (Lipinski definition) is 7. The maximum atomic E-state index is 4.55. The smallest absolute Gasteiger partial charge is 0.226 e. The Morgan fingerprint density at radius 2 is 2.14 bits per heavy atom. The van der Waals surface area contributed by atoms with Crippen molar-refractivity contribution in [3.8, 4) is 0 Å². The van der Waals surface area contributed by atoms with Crippen LogP contribution in [0, 0.1) is 0 Å². The summed E-state index contributed by atoms with van der Waals surface area (Å²) in [5.41, 5.74) is 0.877. The first-order valence-corrected chi connectivity index (χ1v) is 7.74. The van der Waals surface area contributed by atoms with Gasteiger partial charge in [0, 0.05) is 12.7 Å². The molecule has 3 heterocycles. The highest BCUT2D eigenvalue weighted by Gasteiger charge is 2.08. The van der Waals surface area contributed by atoms with E-state index in [2.05, 4.69) is 37.7 Å². The largest absolute Gasteiger partial charge is 0.364 e. The van der Waals surface area contributed by atoms with Gasteiger partial charge in [0.15, 0.2) is 0 Å². The molecule has 0 unspecified atom stereocenters. The average Bonchev–Trinajstić information content (AvgIpc) is 3.00. The monoisotopic (exact) mass is 300 g/mol. The zero-order valence-electron chi connectivity index (χ0n) is 11.7. The molecule has 0 saturated heterocycles. The molecule has 108 valence electrons. The number of fused-ring (bicyclic) bond motifs is 1. The van der Waals surface area contributed by atoms with Gasteiger partial charge >= 0.3 is 0 Å². The van der Waals surface area contributed by atoms with Crippen LogP contribution < -0.4 is 10.6 Å². The molecule has 3 aromatic heterocycles. The Morgan fingerprint density at radius 1 is 1.19 bits per heavy atom. The van der Waals surface area contributed by atoms with Crippen molar-refractivity contribution in [3.63, 3.8) is 0 Å². The van der Waals surface area contributed by atoms with Crippen LogP contribution >= 0.6 is 11.3 Å². The first-order chi connectivity index (χ1) is 10.4. The van der Waals surface area contributed by atoms with E-state index < -0.39 is 0 Å². The topological polar surface area (TPSA) is 75.6 Å². The molecule has 0 aliphatic rings. The highest BCUT2D eigenvalue weighted by molar-refractivity contribution is 7.16. The van der Waals surface area contributed by atoms with E-state index in [1.54, 1.807) is 17.5 Å². The Labute approximate surface area is 126 Å². The molecule has 3 rings (SSSR count). The van der Waals surface area contributed by atoms with Crippen molar-refractivity contribution in [1.29, 1.82) is 0 Å². The van der Waals surface area contributed by atoms with Crippen LogP contribution in [0.5, 0.6) is 0 Å². The molecule has 6 nitrogen and oxygen atoms in total. The summed E-state index contributed by atoms with van der Waals surface area (Å²) in [5.74, 6) is 1.49. The van der Waals surface area contributed by atoms with Crippen LogP contribution in [0.15, 0.2) is 29.8 Å². The molecule has 0 aliphatic carbocycles. The summed E-state index contributed by atoms with van der Waals surface area (Å²) in [7, 11) is 0. The van der Waals surface area contributed by atoms with Crippen molar-refractivity contribution in [2.45, 2.75) is 19.9 Å². The normalized spacial score (nSPS) is 10.7. The average molecular weight is 300 g/mol. The molecule has 7 heteroatoms. The van der Waals surface area contributed by atoms with Crippen LogP contribution in [0.4, 0.5) is 11.8 Å². The summed E-state index contributed by atoms with van der Waals surface area (Å²) < 4.78 is 0. The van der Waals surface area contributed by atoms with Crippen LogP contribution in [0.25, 0.3) is 10.2 Å². The van der Waals surface area contributed by atoms with Gasteiger partial charge in [0.2, 0.25) is 5.95 Å². The van der Waals surface area contributed by atoms with Crippen LogP contribution in [0.1, 0.15) is 19.0 Å². The van der Waals surface area contributed by atoms with Crippen molar-refractivity contribution >= 4 is 33.3 Å². The Balaban J connectivity index is 1.83. The van der Waals surface area contributed by atoms with E-state index in [0.29, 0.717) is 12.5 Å². The van der Waals surface area contributed by atoms with Gasteiger partial charge in [0.1, 0.15) is 10.6 Å². The summed E-state index contributed by atoms with van der Waals surface area (Å²) in [6.07, 6.45) is 2.70. The summed E-state index contributed by atoms with van der Waals surface area (Å²) in [5, 5.41) is 17.5. The molecule has 0 bridgehead atoms. The van der Waals surface area contributed by atoms with Crippen LogP contribution in [-0.4, -0.2) is 26.7 Å². The standard InChI is InChI=1S/C14H16N6S/c1-2-6-15-14-18-12(11-5-8-21-13(11)19-14)16-9-10-4-3-7-17-20-10/h3-5,7-8H,2,6,9H2,1H3,(H2,15,16,18,19). The third kappa shape index (κ3) is 3.25. The summed E-state index contributed by atoms with van der Waals surface area (Å²) in [4.78, 5) is 10.0. The summed E-state index contributed by atoms with van der Waals surface area (Å²) >= 11 is 1.61. The minimum atomic E-state index is 0.586. The van der Waals surface area contributed by atoms with E-state index in [1.807, 2.05) is 23.6 Å². The minimum Gasteiger partial charge on any atom is -0.364 e. The molecule has 0 spiro atoms. The number of nitrogens with zero attached hydrogens (tertiary/aromatic N) is 4. The SMILES string of the molecule is CCCNc1nc(NCc2cccnn2)c2ccsc2n1. The number of aromatic nitrogens is 4. The molecule has 21 heavy (non-hydrogen) atoms. The Bertz CT molecular complexity index is 712. The van der Waals surface area contributed by atoms with E-state index in [0.717, 1.165) is 34.7 Å². The van der Waals surface area contributed by atoms with Crippen LogP contribution in [0.3, 0.4) is 0 Å². The fourth-order valence-electron chi connectivity index (χ4n) is 1.91. The zero-order valence-corrected chi connectivity index (χ0v) is 12.5. The lowest BCUT2D eigenvalue weighted by Crippen LogP contribution is -2.08. The molecular formula is C14H16N6S. The number of rotatable bonds is 6. The maximum absolute atomic E-state index is 4.55. The zero-order chi connectivity index (χ0) is 14.5. The minimum absolute atomic E-state index is 0.586. The predicted molar refractivity (Wildman–Crippen MR) is 85.6 cm³/mol. The predicted octanol–water partition coefficient (Wildman–Crippen LogP) is 2.92. The van der Waals surface area contributed by atoms with Gasteiger partial charge in [0.05, 0.1) is 17.6 Å². The summed E-state index contributed by atoms with van der Waals surface area (Å²) in [6, 6.07) is 5.84. The summed E-state index contributed by atoms with van der Waals surface area (Å²) in [6.45, 7) is 3.56. The highest BCUT2D eigenvalue weighted by atomic mass is 32.1. The van der Waals surface area contributed by atoms with E-state index in [9.17, 15) is 0 Å². The van der Waals surface area contributed by atoms with E-state index in [-0.39, 0.29) is 0 Å². The van der Waals surface area contributed by atoms with Gasteiger partial charge in [-0.1, -0.05) is 6.92 Å². The first kappa shape index (κ1) is 13.7. The fraction of sp³-hybridized carbons (Fsp3) is 0.286. The molecule has 0 aromatic carbocycles. The molecule has 0 radical (unpaired) electrons. The van der Waals surface area contributed by atoms with Gasteiger partial charge in [-0.3, -0.25) is 0 Å². The van der Waals surface area contributed by atoms with Crippen molar-refractivity contribution in [2.24, 2.45) is 0 Å². The molecule has 0 amide bonds.